The minimum atomic E-state index is -1.45. The number of methoxy groups -OCH3 is 1. The Morgan fingerprint density at radius 2 is 1.56 bits per heavy atom. The molecular weight excluding hydrogens is 618 g/mol. The number of rotatable bonds is 11. The third-order valence-electron chi connectivity index (χ3n) is 9.54. The number of carbonyl (C=O) groups excluding carboxylic acids is 4. The number of benzene rings is 2. The zero-order valence-corrected chi connectivity index (χ0v) is 28.5. The minimum absolute atomic E-state index is 0.166. The molecule has 2 saturated heterocycles. The van der Waals surface area contributed by atoms with Crippen LogP contribution < -0.4 is 4.74 Å². The summed E-state index contributed by atoms with van der Waals surface area (Å²) in [6, 6.07) is 14.4. The summed E-state index contributed by atoms with van der Waals surface area (Å²) < 4.78 is 34.8. The van der Waals surface area contributed by atoms with Gasteiger partial charge in [-0.05, 0) is 73.9 Å². The highest BCUT2D eigenvalue weighted by molar-refractivity contribution is 5.77. The Morgan fingerprint density at radius 1 is 0.875 bits per heavy atom. The van der Waals surface area contributed by atoms with Crippen LogP contribution in [-0.4, -0.2) is 85.5 Å². The number of nitrogens with zero attached hydrogens (tertiary/aromatic N) is 1. The molecule has 48 heavy (non-hydrogen) atoms. The maximum absolute atomic E-state index is 13.1. The molecule has 7 atom stereocenters. The first kappa shape index (κ1) is 35.3. The predicted octanol–water partition coefficient (Wildman–Crippen LogP) is 4.13. The molecule has 1 aliphatic carbocycles. The van der Waals surface area contributed by atoms with Crippen LogP contribution in [0.2, 0.25) is 0 Å². The van der Waals surface area contributed by atoms with Crippen molar-refractivity contribution in [2.24, 2.45) is 5.92 Å². The Kier molecular flexibility index (Phi) is 11.8. The topological polar surface area (TPSA) is 127 Å². The highest BCUT2D eigenvalue weighted by Crippen LogP contribution is 2.41. The first-order valence-electron chi connectivity index (χ1n) is 16.9. The summed E-state index contributed by atoms with van der Waals surface area (Å²) in [5.74, 6) is -1.79. The van der Waals surface area contributed by atoms with E-state index in [9.17, 15) is 19.2 Å². The van der Waals surface area contributed by atoms with Crippen LogP contribution in [0.4, 0.5) is 0 Å². The fourth-order valence-corrected chi connectivity index (χ4v) is 7.63. The molecule has 2 aromatic rings. The average Bonchev–Trinajstić information content (AvgIpc) is 3.05. The van der Waals surface area contributed by atoms with Gasteiger partial charge in [0.1, 0.15) is 18.5 Å². The summed E-state index contributed by atoms with van der Waals surface area (Å²) in [4.78, 5) is 52.8. The summed E-state index contributed by atoms with van der Waals surface area (Å²) in [5.41, 5.74) is 4.26. The molecule has 11 nitrogen and oxygen atoms in total. The van der Waals surface area contributed by atoms with Crippen LogP contribution in [0.5, 0.6) is 5.75 Å². The lowest BCUT2D eigenvalue weighted by Gasteiger charge is -2.46. The van der Waals surface area contributed by atoms with Crippen molar-refractivity contribution in [3.8, 4) is 5.75 Å². The van der Waals surface area contributed by atoms with E-state index >= 15 is 0 Å². The normalized spacial score (nSPS) is 26.7. The van der Waals surface area contributed by atoms with E-state index in [0.717, 1.165) is 61.9 Å². The second-order valence-electron chi connectivity index (χ2n) is 12.9. The third kappa shape index (κ3) is 8.18. The Hall–Kier alpha value is -3.96. The minimum Gasteiger partial charge on any atom is -0.489 e. The number of carbonyl (C=O) groups is 4. The van der Waals surface area contributed by atoms with E-state index in [1.807, 2.05) is 36.4 Å². The summed E-state index contributed by atoms with van der Waals surface area (Å²) >= 11 is 0. The molecule has 3 aliphatic rings. The zero-order chi connectivity index (χ0) is 34.4. The van der Waals surface area contributed by atoms with Gasteiger partial charge in [0.15, 0.2) is 24.4 Å². The molecule has 2 heterocycles. The number of esters is 4. The van der Waals surface area contributed by atoms with Gasteiger partial charge in [0.2, 0.25) is 0 Å². The van der Waals surface area contributed by atoms with Crippen LogP contribution in [-0.2, 0) is 68.7 Å². The number of ether oxygens (including phenoxy) is 6. The van der Waals surface area contributed by atoms with Crippen molar-refractivity contribution >= 4 is 23.9 Å². The molecule has 0 bridgehead atoms. The van der Waals surface area contributed by atoms with Gasteiger partial charge in [0.05, 0.1) is 7.11 Å². The second-order valence-corrected chi connectivity index (χ2v) is 12.9. The van der Waals surface area contributed by atoms with Crippen molar-refractivity contribution in [1.29, 1.82) is 0 Å². The van der Waals surface area contributed by atoms with Crippen molar-refractivity contribution in [1.82, 2.24) is 4.90 Å². The van der Waals surface area contributed by atoms with Crippen molar-refractivity contribution in [3.05, 3.63) is 64.7 Å². The van der Waals surface area contributed by atoms with Crippen LogP contribution in [0, 0.1) is 5.92 Å². The Balaban J connectivity index is 1.58. The van der Waals surface area contributed by atoms with Gasteiger partial charge in [0.25, 0.3) is 0 Å². The van der Waals surface area contributed by atoms with Crippen LogP contribution >= 0.6 is 0 Å². The van der Waals surface area contributed by atoms with Crippen LogP contribution in [0.25, 0.3) is 0 Å². The Morgan fingerprint density at radius 3 is 2.23 bits per heavy atom. The van der Waals surface area contributed by atoms with E-state index in [1.54, 1.807) is 0 Å². The lowest BCUT2D eigenvalue weighted by molar-refractivity contribution is -0.248. The largest absolute Gasteiger partial charge is 0.489 e. The number of hydrogen-bond acceptors (Lipinski definition) is 11. The molecule has 0 amide bonds. The molecule has 5 rings (SSSR count). The number of hydrogen-bond donors (Lipinski definition) is 0. The van der Waals surface area contributed by atoms with Crippen molar-refractivity contribution in [2.75, 3.05) is 20.2 Å². The van der Waals surface area contributed by atoms with Crippen LogP contribution in [0.15, 0.2) is 42.5 Å². The smallest absolute Gasteiger partial charge is 0.339 e. The van der Waals surface area contributed by atoms with Gasteiger partial charge in [-0.25, -0.2) is 4.79 Å². The van der Waals surface area contributed by atoms with Crippen molar-refractivity contribution < 1.29 is 47.6 Å². The lowest BCUT2D eigenvalue weighted by atomic mass is 9.73. The quantitative estimate of drug-likeness (QED) is 0.254. The molecular formula is C37H47NO10. The third-order valence-corrected chi connectivity index (χ3v) is 9.54. The first-order valence-corrected chi connectivity index (χ1v) is 16.9. The molecule has 2 fully saturated rings. The molecule has 2 aliphatic heterocycles. The summed E-state index contributed by atoms with van der Waals surface area (Å²) in [6.45, 7) is 8.31. The molecule has 0 unspecified atom stereocenters. The number of piperidine rings is 1. The maximum atomic E-state index is 13.1. The molecule has 260 valence electrons. The zero-order valence-electron chi connectivity index (χ0n) is 28.5. The number of fused-ring (bicyclic) bond motifs is 2. The SMILES string of the molecule is CCCN1CCC[C@@H]2Cc3c(ccc(OCc4ccccc4)c3C[C@@H]3O[C@H](C(=O)OC)[C@@H](OC(C)=O)[C@H](OC(C)=O)[C@H]3OC(C)=O)C[C@H]21. The maximum Gasteiger partial charge on any atom is 0.339 e. The van der Waals surface area contributed by atoms with E-state index < -0.39 is 54.4 Å². The van der Waals surface area contributed by atoms with Gasteiger partial charge in [-0.1, -0.05) is 43.3 Å². The molecule has 0 saturated carbocycles. The molecule has 2 aromatic carbocycles. The molecule has 0 spiro atoms. The monoisotopic (exact) mass is 665 g/mol. The summed E-state index contributed by atoms with van der Waals surface area (Å²) in [6.07, 6.45) is -1.12. The van der Waals surface area contributed by atoms with E-state index in [-0.39, 0.29) is 6.42 Å². The summed E-state index contributed by atoms with van der Waals surface area (Å²) in [7, 11) is 1.19. The standard InChI is InChI=1S/C37H47NO10/c1-6-16-38-17-10-13-27-18-28-26(19-30(27)38)14-15-31(44-21-25-11-8-7-9-12-25)29(28)20-32-33(45-22(2)39)34(46-23(3)40)35(47-24(4)41)36(48-32)37(42)43-5/h7-9,11-12,14-15,27,30,32-36H,6,10,13,16-21H2,1-5H3/t27-,30-,32+,33+,34-,35+,36+/m1/s1. The highest BCUT2D eigenvalue weighted by atomic mass is 16.7. The Labute approximate surface area is 282 Å². The second kappa shape index (κ2) is 16.0. The first-order chi connectivity index (χ1) is 23.1. The van der Waals surface area contributed by atoms with Gasteiger partial charge < -0.3 is 28.4 Å². The van der Waals surface area contributed by atoms with Crippen LogP contribution in [0.3, 0.4) is 0 Å². The fourth-order valence-electron chi connectivity index (χ4n) is 7.63. The van der Waals surface area contributed by atoms with Crippen molar-refractivity contribution in [3.63, 3.8) is 0 Å². The molecule has 11 heteroatoms. The number of likely N-dealkylation sites (tertiary alicyclic amines) is 1. The van der Waals surface area contributed by atoms with Crippen LogP contribution in [0.1, 0.15) is 69.2 Å². The summed E-state index contributed by atoms with van der Waals surface area (Å²) in [5, 5.41) is 0. The average molecular weight is 666 g/mol. The lowest BCUT2D eigenvalue weighted by Crippen LogP contribution is -2.63. The van der Waals surface area contributed by atoms with Gasteiger partial charge >= 0.3 is 23.9 Å². The molecule has 0 aromatic heterocycles. The molecule has 0 radical (unpaired) electrons. The van der Waals surface area contributed by atoms with E-state index in [2.05, 4.69) is 17.9 Å². The fraction of sp³-hybridized carbons (Fsp3) is 0.568. The van der Waals surface area contributed by atoms with E-state index in [1.165, 1.54) is 33.4 Å². The Bertz CT molecular complexity index is 1460. The van der Waals surface area contributed by atoms with Gasteiger partial charge in [-0.15, -0.1) is 0 Å². The highest BCUT2D eigenvalue weighted by Gasteiger charge is 2.55. The van der Waals surface area contributed by atoms with E-state index in [4.69, 9.17) is 28.4 Å². The van der Waals surface area contributed by atoms with Gasteiger partial charge in [0, 0.05) is 38.8 Å². The van der Waals surface area contributed by atoms with Crippen molar-refractivity contribution in [2.45, 2.75) is 109 Å². The predicted molar refractivity (Wildman–Crippen MR) is 174 cm³/mol. The van der Waals surface area contributed by atoms with E-state index in [0.29, 0.717) is 24.3 Å². The van der Waals surface area contributed by atoms with Gasteiger partial charge in [-0.3, -0.25) is 19.3 Å². The van der Waals surface area contributed by atoms with Gasteiger partial charge in [-0.2, -0.15) is 0 Å². The molecule has 0 N–H and O–H groups in total.